The third-order valence-electron chi connectivity index (χ3n) is 1.23. The van der Waals surface area contributed by atoms with Crippen molar-refractivity contribution in [3.63, 3.8) is 0 Å². The lowest BCUT2D eigenvalue weighted by Gasteiger charge is -2.20. The highest BCUT2D eigenvalue weighted by atomic mass is 32.1. The van der Waals surface area contributed by atoms with Gasteiger partial charge in [0.1, 0.15) is 0 Å². The highest BCUT2D eigenvalue weighted by molar-refractivity contribution is 7.80. The SMILES string of the molecule is C=CCN(CC)C(=S)NC. The van der Waals surface area contributed by atoms with E-state index >= 15 is 0 Å². The van der Waals surface area contributed by atoms with E-state index in [0.29, 0.717) is 0 Å². The lowest BCUT2D eigenvalue weighted by atomic mass is 10.5. The van der Waals surface area contributed by atoms with Crippen molar-refractivity contribution >= 4 is 17.3 Å². The summed E-state index contributed by atoms with van der Waals surface area (Å²) in [5, 5.41) is 3.69. The van der Waals surface area contributed by atoms with E-state index in [4.69, 9.17) is 12.2 Å². The molecular formula is C7H14N2S. The largest absolute Gasteiger partial charge is 0.366 e. The summed E-state index contributed by atoms with van der Waals surface area (Å²) < 4.78 is 0. The first kappa shape index (κ1) is 9.43. The van der Waals surface area contributed by atoms with Crippen molar-refractivity contribution in [1.29, 1.82) is 0 Å². The molecule has 0 spiro atoms. The van der Waals surface area contributed by atoms with E-state index in [9.17, 15) is 0 Å². The molecule has 0 rings (SSSR count). The summed E-state index contributed by atoms with van der Waals surface area (Å²) >= 11 is 5.01. The lowest BCUT2D eigenvalue weighted by Crippen LogP contribution is -2.37. The first-order valence-corrected chi connectivity index (χ1v) is 3.74. The van der Waals surface area contributed by atoms with Crippen molar-refractivity contribution in [3.05, 3.63) is 12.7 Å². The van der Waals surface area contributed by atoms with Crippen LogP contribution in [0.15, 0.2) is 12.7 Å². The number of nitrogens with one attached hydrogen (secondary N) is 1. The van der Waals surface area contributed by atoms with Gasteiger partial charge in [0, 0.05) is 20.1 Å². The van der Waals surface area contributed by atoms with Gasteiger partial charge in [-0.25, -0.2) is 0 Å². The molecule has 10 heavy (non-hydrogen) atoms. The zero-order chi connectivity index (χ0) is 7.98. The third kappa shape index (κ3) is 2.82. The molecule has 0 aromatic heterocycles. The maximum absolute atomic E-state index is 5.01. The lowest BCUT2D eigenvalue weighted by molar-refractivity contribution is 0.483. The Morgan fingerprint density at radius 1 is 1.80 bits per heavy atom. The van der Waals surface area contributed by atoms with E-state index in [1.54, 1.807) is 0 Å². The highest BCUT2D eigenvalue weighted by Crippen LogP contribution is 1.88. The predicted molar refractivity (Wildman–Crippen MR) is 49.1 cm³/mol. The van der Waals surface area contributed by atoms with Gasteiger partial charge < -0.3 is 10.2 Å². The Hall–Kier alpha value is -0.570. The van der Waals surface area contributed by atoms with E-state index in [1.807, 2.05) is 18.0 Å². The molecule has 0 aromatic rings. The van der Waals surface area contributed by atoms with Crippen LogP contribution in [0, 0.1) is 0 Å². The van der Waals surface area contributed by atoms with Gasteiger partial charge in [-0.1, -0.05) is 6.08 Å². The summed E-state index contributed by atoms with van der Waals surface area (Å²) in [6.07, 6.45) is 1.84. The fourth-order valence-electron chi connectivity index (χ4n) is 0.670. The van der Waals surface area contributed by atoms with E-state index < -0.39 is 0 Å². The van der Waals surface area contributed by atoms with Crippen molar-refractivity contribution in [2.45, 2.75) is 6.92 Å². The average Bonchev–Trinajstić information content (AvgIpc) is 1.99. The third-order valence-corrected chi connectivity index (χ3v) is 1.69. The molecule has 0 aliphatic rings. The summed E-state index contributed by atoms with van der Waals surface area (Å²) in [4.78, 5) is 2.03. The Labute approximate surface area is 67.9 Å². The van der Waals surface area contributed by atoms with Crippen molar-refractivity contribution < 1.29 is 0 Å². The second-order valence-electron chi connectivity index (χ2n) is 1.88. The molecule has 3 heteroatoms. The van der Waals surface area contributed by atoms with Gasteiger partial charge in [0.15, 0.2) is 5.11 Å². The zero-order valence-electron chi connectivity index (χ0n) is 6.55. The summed E-state index contributed by atoms with van der Waals surface area (Å²) in [7, 11) is 1.83. The number of likely N-dealkylation sites (N-methyl/N-ethyl adjacent to an activating group) is 1. The predicted octanol–water partition coefficient (Wildman–Crippen LogP) is 0.999. The van der Waals surface area contributed by atoms with Gasteiger partial charge in [0.05, 0.1) is 0 Å². The van der Waals surface area contributed by atoms with Crippen LogP contribution in [0.2, 0.25) is 0 Å². The minimum absolute atomic E-state index is 0.780. The zero-order valence-corrected chi connectivity index (χ0v) is 7.37. The van der Waals surface area contributed by atoms with Gasteiger partial charge >= 0.3 is 0 Å². The molecule has 0 fully saturated rings. The van der Waals surface area contributed by atoms with E-state index in [2.05, 4.69) is 18.8 Å². The molecule has 2 nitrogen and oxygen atoms in total. The Morgan fingerprint density at radius 3 is 2.70 bits per heavy atom. The molecule has 0 aliphatic heterocycles. The second kappa shape index (κ2) is 5.23. The minimum Gasteiger partial charge on any atom is -0.366 e. The topological polar surface area (TPSA) is 15.3 Å². The van der Waals surface area contributed by atoms with Crippen molar-refractivity contribution in [1.82, 2.24) is 10.2 Å². The van der Waals surface area contributed by atoms with Crippen LogP contribution in [0.1, 0.15) is 6.92 Å². The normalized spacial score (nSPS) is 8.60. The molecule has 58 valence electrons. The molecule has 0 bridgehead atoms. The summed E-state index contributed by atoms with van der Waals surface area (Å²) in [6.45, 7) is 7.44. The van der Waals surface area contributed by atoms with Crippen LogP contribution in [0.25, 0.3) is 0 Å². The first-order valence-electron chi connectivity index (χ1n) is 3.33. The van der Waals surface area contributed by atoms with Crippen LogP contribution >= 0.6 is 12.2 Å². The number of nitrogens with zero attached hydrogens (tertiary/aromatic N) is 1. The molecule has 0 radical (unpaired) electrons. The highest BCUT2D eigenvalue weighted by Gasteiger charge is 2.00. The molecule has 0 aromatic carbocycles. The summed E-state index contributed by atoms with van der Waals surface area (Å²) in [6, 6.07) is 0. The van der Waals surface area contributed by atoms with E-state index in [-0.39, 0.29) is 0 Å². The second-order valence-corrected chi connectivity index (χ2v) is 2.27. The summed E-state index contributed by atoms with van der Waals surface area (Å²) in [5.41, 5.74) is 0. The van der Waals surface area contributed by atoms with Gasteiger partial charge in [-0.05, 0) is 19.1 Å². The number of thiocarbonyl (C=S) groups is 1. The Kier molecular flexibility index (Phi) is 4.94. The van der Waals surface area contributed by atoms with Crippen LogP contribution < -0.4 is 5.32 Å². The Morgan fingerprint density at radius 2 is 2.40 bits per heavy atom. The van der Waals surface area contributed by atoms with Crippen molar-refractivity contribution in [3.8, 4) is 0 Å². The molecule has 0 heterocycles. The van der Waals surface area contributed by atoms with Gasteiger partial charge in [0.25, 0.3) is 0 Å². The first-order chi connectivity index (χ1) is 4.76. The molecule has 0 unspecified atom stereocenters. The molecule has 0 amide bonds. The van der Waals surface area contributed by atoms with Gasteiger partial charge in [-0.15, -0.1) is 6.58 Å². The van der Waals surface area contributed by atoms with E-state index in [0.717, 1.165) is 18.2 Å². The van der Waals surface area contributed by atoms with Crippen molar-refractivity contribution in [2.75, 3.05) is 20.1 Å². The average molecular weight is 158 g/mol. The smallest absolute Gasteiger partial charge is 0.168 e. The van der Waals surface area contributed by atoms with Crippen LogP contribution in [-0.4, -0.2) is 30.1 Å². The van der Waals surface area contributed by atoms with Crippen LogP contribution in [-0.2, 0) is 0 Å². The molecule has 0 saturated carbocycles. The van der Waals surface area contributed by atoms with Gasteiger partial charge in [-0.2, -0.15) is 0 Å². The van der Waals surface area contributed by atoms with Crippen molar-refractivity contribution in [2.24, 2.45) is 0 Å². The monoisotopic (exact) mass is 158 g/mol. The fourth-order valence-corrected chi connectivity index (χ4v) is 0.873. The van der Waals surface area contributed by atoms with Gasteiger partial charge in [-0.3, -0.25) is 0 Å². The van der Waals surface area contributed by atoms with Crippen LogP contribution in [0.3, 0.4) is 0 Å². The fraction of sp³-hybridized carbons (Fsp3) is 0.571. The van der Waals surface area contributed by atoms with E-state index in [1.165, 1.54) is 0 Å². The standard InChI is InChI=1S/C7H14N2S/c1-4-6-9(5-2)7(10)8-3/h4H,1,5-6H2,2-3H3,(H,8,10). The molecule has 1 N–H and O–H groups in total. The Bertz CT molecular complexity index is 123. The summed E-state index contributed by atoms with van der Waals surface area (Å²) in [5.74, 6) is 0. The maximum atomic E-state index is 5.01. The quantitative estimate of drug-likeness (QED) is 0.487. The molecule has 0 atom stereocenters. The van der Waals surface area contributed by atoms with Gasteiger partial charge in [0.2, 0.25) is 0 Å². The Balaban J connectivity index is 3.79. The number of hydrogen-bond donors (Lipinski definition) is 1. The molecule has 0 saturated heterocycles. The van der Waals surface area contributed by atoms with Crippen LogP contribution in [0.5, 0.6) is 0 Å². The number of rotatable bonds is 3. The molecular weight excluding hydrogens is 144 g/mol. The number of hydrogen-bond acceptors (Lipinski definition) is 1. The maximum Gasteiger partial charge on any atom is 0.168 e. The minimum atomic E-state index is 0.780. The van der Waals surface area contributed by atoms with Crippen LogP contribution in [0.4, 0.5) is 0 Å². The molecule has 0 aliphatic carbocycles.